The summed E-state index contributed by atoms with van der Waals surface area (Å²) in [5.74, 6) is -0.762. The minimum absolute atomic E-state index is 0.0855. The highest BCUT2D eigenvalue weighted by atomic mass is 32.2. The molecule has 0 bridgehead atoms. The summed E-state index contributed by atoms with van der Waals surface area (Å²) in [5.41, 5.74) is 3.88. The molecule has 0 aliphatic rings. The van der Waals surface area contributed by atoms with E-state index in [0.717, 1.165) is 33.0 Å². The van der Waals surface area contributed by atoms with Gasteiger partial charge in [-0.1, -0.05) is 97.4 Å². The third kappa shape index (κ3) is 8.35. The van der Waals surface area contributed by atoms with Crippen molar-refractivity contribution in [1.82, 2.24) is 10.2 Å². The second-order valence-electron chi connectivity index (χ2n) is 11.2. The maximum atomic E-state index is 14.5. The zero-order valence-corrected chi connectivity index (χ0v) is 26.6. The number of carbonyl (C=O) groups excluding carboxylic acids is 2. The first-order valence-corrected chi connectivity index (χ1v) is 16.4. The molecule has 4 rings (SSSR count). The number of carbonyl (C=O) groups is 2. The van der Waals surface area contributed by atoms with Crippen molar-refractivity contribution in [2.75, 3.05) is 10.8 Å². The molecule has 0 unspecified atom stereocenters. The fourth-order valence-electron chi connectivity index (χ4n) is 4.92. The lowest BCUT2D eigenvalue weighted by atomic mass is 10.0. The molecule has 4 aromatic rings. The molecule has 4 aromatic carbocycles. The maximum absolute atomic E-state index is 14.5. The van der Waals surface area contributed by atoms with Crippen LogP contribution in [0.25, 0.3) is 0 Å². The van der Waals surface area contributed by atoms with Crippen LogP contribution in [0.1, 0.15) is 42.5 Å². The number of rotatable bonds is 13. The third-order valence-corrected chi connectivity index (χ3v) is 9.43. The van der Waals surface area contributed by atoms with Crippen LogP contribution in [0.5, 0.6) is 0 Å². The van der Waals surface area contributed by atoms with Crippen LogP contribution in [-0.4, -0.2) is 43.8 Å². The van der Waals surface area contributed by atoms with E-state index in [4.69, 9.17) is 0 Å². The number of nitrogens with zero attached hydrogens (tertiary/aromatic N) is 2. The smallest absolute Gasteiger partial charge is 0.264 e. The van der Waals surface area contributed by atoms with Gasteiger partial charge in [0.1, 0.15) is 12.6 Å². The van der Waals surface area contributed by atoms with Gasteiger partial charge >= 0.3 is 0 Å². The van der Waals surface area contributed by atoms with Crippen LogP contribution < -0.4 is 9.62 Å². The number of nitrogens with one attached hydrogen (secondary N) is 1. The van der Waals surface area contributed by atoms with Crippen LogP contribution in [0.2, 0.25) is 0 Å². The second kappa shape index (κ2) is 14.8. The lowest BCUT2D eigenvalue weighted by Gasteiger charge is -2.34. The molecular formula is C36H41N3O4S. The maximum Gasteiger partial charge on any atom is 0.264 e. The van der Waals surface area contributed by atoms with E-state index in [1.165, 1.54) is 4.90 Å². The molecule has 44 heavy (non-hydrogen) atoms. The van der Waals surface area contributed by atoms with Crippen LogP contribution >= 0.6 is 0 Å². The Kier molecular flexibility index (Phi) is 11.0. The van der Waals surface area contributed by atoms with Gasteiger partial charge in [-0.3, -0.25) is 13.9 Å². The van der Waals surface area contributed by atoms with Gasteiger partial charge in [0.2, 0.25) is 11.8 Å². The number of benzene rings is 4. The lowest BCUT2D eigenvalue weighted by molar-refractivity contribution is -0.140. The van der Waals surface area contributed by atoms with Crippen molar-refractivity contribution >= 4 is 27.5 Å². The Balaban J connectivity index is 1.79. The molecule has 0 aromatic heterocycles. The number of aryl methyl sites for hydroxylation is 2. The number of sulfonamides is 1. The highest BCUT2D eigenvalue weighted by Gasteiger charge is 2.35. The first kappa shape index (κ1) is 32.5. The van der Waals surface area contributed by atoms with Crippen molar-refractivity contribution < 1.29 is 18.0 Å². The third-order valence-electron chi connectivity index (χ3n) is 7.65. The summed E-state index contributed by atoms with van der Waals surface area (Å²) in [5, 5.41) is 3.06. The van der Waals surface area contributed by atoms with Crippen LogP contribution in [0.15, 0.2) is 114 Å². The van der Waals surface area contributed by atoms with E-state index in [2.05, 4.69) is 5.32 Å². The number of amides is 2. The zero-order chi connectivity index (χ0) is 31.7. The summed E-state index contributed by atoms with van der Waals surface area (Å²) in [6.45, 7) is 7.33. The van der Waals surface area contributed by atoms with E-state index >= 15 is 0 Å². The average molecular weight is 612 g/mol. The van der Waals surface area contributed by atoms with Crippen LogP contribution in [0.4, 0.5) is 5.69 Å². The van der Waals surface area contributed by atoms with Gasteiger partial charge in [0, 0.05) is 19.0 Å². The van der Waals surface area contributed by atoms with Crippen molar-refractivity contribution in [1.29, 1.82) is 0 Å². The molecule has 1 N–H and O–H groups in total. The Morgan fingerprint density at radius 3 is 1.98 bits per heavy atom. The molecule has 2 amide bonds. The largest absolute Gasteiger partial charge is 0.352 e. The monoisotopic (exact) mass is 611 g/mol. The quantitative estimate of drug-likeness (QED) is 0.199. The number of anilines is 1. The van der Waals surface area contributed by atoms with Gasteiger partial charge in [0.15, 0.2) is 0 Å². The van der Waals surface area contributed by atoms with Gasteiger partial charge < -0.3 is 10.2 Å². The highest BCUT2D eigenvalue weighted by Crippen LogP contribution is 2.26. The molecule has 0 radical (unpaired) electrons. The standard InChI is InChI=1S/C36H41N3O4S/c1-5-29(4)37-36(41)34(24-30-14-8-6-9-15-30)38(25-31-16-10-7-11-17-31)35(40)26-39(32-18-12-13-28(3)23-32)44(42,43)33-21-19-27(2)20-22-33/h6-23,29,34H,5,24-26H2,1-4H3,(H,37,41)/t29-,34+/m1/s1. The molecular weight excluding hydrogens is 570 g/mol. The molecule has 0 spiro atoms. The first-order valence-electron chi connectivity index (χ1n) is 14.9. The number of hydrogen-bond donors (Lipinski definition) is 1. The Bertz CT molecular complexity index is 1640. The van der Waals surface area contributed by atoms with Crippen LogP contribution in [-0.2, 0) is 32.6 Å². The normalized spacial score (nSPS) is 12.6. The van der Waals surface area contributed by atoms with Crippen molar-refractivity contribution in [2.24, 2.45) is 0 Å². The predicted molar refractivity (Wildman–Crippen MR) is 176 cm³/mol. The molecule has 0 saturated carbocycles. The van der Waals surface area contributed by atoms with Gasteiger partial charge in [0.05, 0.1) is 10.6 Å². The molecule has 230 valence electrons. The molecule has 0 fully saturated rings. The topological polar surface area (TPSA) is 86.8 Å². The van der Waals surface area contributed by atoms with Crippen molar-refractivity contribution in [3.8, 4) is 0 Å². The molecule has 0 heterocycles. The summed E-state index contributed by atoms with van der Waals surface area (Å²) in [6.07, 6.45) is 1.00. The first-order chi connectivity index (χ1) is 21.1. The van der Waals surface area contributed by atoms with Crippen molar-refractivity contribution in [2.45, 2.75) is 64.1 Å². The van der Waals surface area contributed by atoms with Crippen molar-refractivity contribution in [3.05, 3.63) is 131 Å². The molecule has 8 heteroatoms. The summed E-state index contributed by atoms with van der Waals surface area (Å²) < 4.78 is 29.4. The lowest BCUT2D eigenvalue weighted by Crippen LogP contribution is -2.54. The van der Waals surface area contributed by atoms with E-state index in [0.29, 0.717) is 5.69 Å². The fraction of sp³-hybridized carbons (Fsp3) is 0.278. The number of hydrogen-bond acceptors (Lipinski definition) is 4. The second-order valence-corrected chi connectivity index (χ2v) is 13.1. The summed E-state index contributed by atoms with van der Waals surface area (Å²) >= 11 is 0. The van der Waals surface area contributed by atoms with E-state index in [1.807, 2.05) is 94.4 Å². The van der Waals surface area contributed by atoms with Gasteiger partial charge in [-0.15, -0.1) is 0 Å². The van der Waals surface area contributed by atoms with Crippen LogP contribution in [0, 0.1) is 13.8 Å². The average Bonchev–Trinajstić information content (AvgIpc) is 3.02. The fourth-order valence-corrected chi connectivity index (χ4v) is 6.33. The molecule has 0 aliphatic carbocycles. The highest BCUT2D eigenvalue weighted by molar-refractivity contribution is 7.92. The molecule has 0 aliphatic heterocycles. The Morgan fingerprint density at radius 2 is 1.39 bits per heavy atom. The van der Waals surface area contributed by atoms with E-state index < -0.39 is 28.5 Å². The molecule has 7 nitrogen and oxygen atoms in total. The minimum Gasteiger partial charge on any atom is -0.352 e. The van der Waals surface area contributed by atoms with E-state index in [9.17, 15) is 18.0 Å². The van der Waals surface area contributed by atoms with Crippen molar-refractivity contribution in [3.63, 3.8) is 0 Å². The Hall–Kier alpha value is -4.43. The Morgan fingerprint density at radius 1 is 0.773 bits per heavy atom. The van der Waals surface area contributed by atoms with Gasteiger partial charge in [-0.05, 0) is 68.1 Å². The SMILES string of the molecule is CC[C@@H](C)NC(=O)[C@H](Cc1ccccc1)N(Cc1ccccc1)C(=O)CN(c1cccc(C)c1)S(=O)(=O)c1ccc(C)cc1. The van der Waals surface area contributed by atoms with Gasteiger partial charge in [-0.25, -0.2) is 8.42 Å². The predicted octanol–water partition coefficient (Wildman–Crippen LogP) is 6.05. The Labute approximate surface area is 261 Å². The van der Waals surface area contributed by atoms with E-state index in [1.54, 1.807) is 42.5 Å². The van der Waals surface area contributed by atoms with Gasteiger partial charge in [-0.2, -0.15) is 0 Å². The molecule has 0 saturated heterocycles. The minimum atomic E-state index is -4.13. The molecule has 2 atom stereocenters. The summed E-state index contributed by atoms with van der Waals surface area (Å²) in [6, 6.07) is 31.7. The zero-order valence-electron chi connectivity index (χ0n) is 25.8. The van der Waals surface area contributed by atoms with Crippen LogP contribution in [0.3, 0.4) is 0 Å². The van der Waals surface area contributed by atoms with E-state index in [-0.39, 0.29) is 29.8 Å². The summed E-state index contributed by atoms with van der Waals surface area (Å²) in [4.78, 5) is 30.0. The summed E-state index contributed by atoms with van der Waals surface area (Å²) in [7, 11) is -4.13. The van der Waals surface area contributed by atoms with Gasteiger partial charge in [0.25, 0.3) is 10.0 Å².